The fourth-order valence-corrected chi connectivity index (χ4v) is 4.71. The van der Waals surface area contributed by atoms with Gasteiger partial charge in [0.2, 0.25) is 11.8 Å². The van der Waals surface area contributed by atoms with E-state index in [1.165, 1.54) is 11.1 Å². The zero-order valence-electron chi connectivity index (χ0n) is 15.7. The molecule has 2 aromatic rings. The van der Waals surface area contributed by atoms with Gasteiger partial charge >= 0.3 is 0 Å². The molecule has 1 N–H and O–H groups in total. The molecule has 0 radical (unpaired) electrons. The number of hydrogen-bond donors (Lipinski definition) is 1. The monoisotopic (exact) mass is 382 g/mol. The van der Waals surface area contributed by atoms with Crippen LogP contribution in [0.25, 0.3) is 11.1 Å². The van der Waals surface area contributed by atoms with Crippen molar-refractivity contribution >= 4 is 23.2 Å². The molecule has 1 aliphatic heterocycles. The Hall–Kier alpha value is -2.14. The molecule has 27 heavy (non-hydrogen) atoms. The van der Waals surface area contributed by atoms with Crippen molar-refractivity contribution in [1.29, 1.82) is 0 Å². The van der Waals surface area contributed by atoms with Crippen LogP contribution in [0.3, 0.4) is 0 Å². The number of carbonyl (C=O) groups is 2. The average Bonchev–Trinajstić information content (AvgIpc) is 3.21. The molecular weight excluding hydrogens is 356 g/mol. The van der Waals surface area contributed by atoms with E-state index in [0.717, 1.165) is 24.8 Å². The minimum atomic E-state index is -0.509. The van der Waals surface area contributed by atoms with Crippen LogP contribution in [-0.2, 0) is 16.0 Å². The van der Waals surface area contributed by atoms with Crippen LogP contribution in [0.4, 0.5) is 0 Å². The fraction of sp³-hybridized carbons (Fsp3) is 0.455. The molecule has 1 aromatic carbocycles. The molecule has 1 aromatic heterocycles. The molecule has 1 saturated heterocycles. The Bertz CT molecular complexity index is 811. The minimum Gasteiger partial charge on any atom is -0.356 e. The summed E-state index contributed by atoms with van der Waals surface area (Å²) in [6.07, 6.45) is 3.43. The van der Waals surface area contributed by atoms with Gasteiger partial charge in [-0.25, -0.2) is 0 Å². The van der Waals surface area contributed by atoms with Crippen molar-refractivity contribution in [3.05, 3.63) is 46.7 Å². The van der Waals surface area contributed by atoms with E-state index in [2.05, 4.69) is 46.4 Å². The molecule has 1 saturated carbocycles. The van der Waals surface area contributed by atoms with Crippen molar-refractivity contribution in [3.63, 3.8) is 0 Å². The van der Waals surface area contributed by atoms with Gasteiger partial charge in [-0.2, -0.15) is 11.3 Å². The molecule has 142 valence electrons. The summed E-state index contributed by atoms with van der Waals surface area (Å²) < 4.78 is 0. The zero-order chi connectivity index (χ0) is 18.9. The maximum Gasteiger partial charge on any atom is 0.228 e. The van der Waals surface area contributed by atoms with Gasteiger partial charge in [0.05, 0.1) is 5.41 Å². The molecule has 1 aliphatic carbocycles. The van der Waals surface area contributed by atoms with Gasteiger partial charge in [-0.15, -0.1) is 0 Å². The Kier molecular flexibility index (Phi) is 5.04. The van der Waals surface area contributed by atoms with Crippen molar-refractivity contribution in [3.8, 4) is 11.1 Å². The second-order valence-corrected chi connectivity index (χ2v) is 8.59. The van der Waals surface area contributed by atoms with Crippen LogP contribution >= 0.6 is 11.3 Å². The Morgan fingerprint density at radius 3 is 2.59 bits per heavy atom. The van der Waals surface area contributed by atoms with E-state index in [0.29, 0.717) is 26.1 Å². The van der Waals surface area contributed by atoms with Crippen molar-refractivity contribution in [2.45, 2.75) is 32.6 Å². The van der Waals surface area contributed by atoms with Crippen molar-refractivity contribution < 1.29 is 9.59 Å². The maximum atomic E-state index is 12.9. The van der Waals surface area contributed by atoms with Crippen molar-refractivity contribution in [1.82, 2.24) is 10.2 Å². The van der Waals surface area contributed by atoms with E-state index in [4.69, 9.17) is 0 Å². The summed E-state index contributed by atoms with van der Waals surface area (Å²) >= 11 is 1.69. The topological polar surface area (TPSA) is 49.4 Å². The quantitative estimate of drug-likeness (QED) is 0.828. The number of hydrogen-bond acceptors (Lipinski definition) is 3. The summed E-state index contributed by atoms with van der Waals surface area (Å²) in [5.74, 6) is 0.534. The number of carbonyl (C=O) groups excluding carboxylic acids is 2. The van der Waals surface area contributed by atoms with E-state index < -0.39 is 5.41 Å². The Morgan fingerprint density at radius 2 is 1.96 bits per heavy atom. The van der Waals surface area contributed by atoms with Crippen LogP contribution in [0.2, 0.25) is 0 Å². The van der Waals surface area contributed by atoms with E-state index in [9.17, 15) is 9.59 Å². The normalized spacial score (nSPS) is 22.0. The highest BCUT2D eigenvalue weighted by Crippen LogP contribution is 2.39. The van der Waals surface area contributed by atoms with Crippen LogP contribution in [0.15, 0.2) is 41.1 Å². The minimum absolute atomic E-state index is 0.0815. The summed E-state index contributed by atoms with van der Waals surface area (Å²) in [6.45, 7) is 3.80. The van der Waals surface area contributed by atoms with E-state index in [1.807, 2.05) is 11.8 Å². The summed E-state index contributed by atoms with van der Waals surface area (Å²) in [5, 5.41) is 7.23. The number of benzene rings is 1. The molecular formula is C22H26N2O2S. The molecule has 1 atom stereocenters. The number of nitrogens with one attached hydrogen (secondary N) is 1. The predicted octanol–water partition coefficient (Wildman–Crippen LogP) is 3.72. The zero-order valence-corrected chi connectivity index (χ0v) is 16.6. The third kappa shape index (κ3) is 3.79. The molecule has 2 fully saturated rings. The lowest BCUT2D eigenvalue weighted by atomic mass is 9.79. The lowest BCUT2D eigenvalue weighted by Crippen LogP contribution is -2.45. The average molecular weight is 383 g/mol. The highest BCUT2D eigenvalue weighted by molar-refractivity contribution is 7.08. The summed E-state index contributed by atoms with van der Waals surface area (Å²) in [7, 11) is 0. The first-order chi connectivity index (χ1) is 13.1. The van der Waals surface area contributed by atoms with Crippen LogP contribution in [0.1, 0.15) is 31.7 Å². The number of likely N-dealkylation sites (tertiary alicyclic amines) is 1. The van der Waals surface area contributed by atoms with Gasteiger partial charge in [0.15, 0.2) is 0 Å². The number of thiophene rings is 1. The van der Waals surface area contributed by atoms with E-state index in [1.54, 1.807) is 11.3 Å². The first-order valence-corrected chi connectivity index (χ1v) is 10.7. The van der Waals surface area contributed by atoms with Crippen LogP contribution in [-0.4, -0.2) is 36.3 Å². The first-order valence-electron chi connectivity index (χ1n) is 9.80. The van der Waals surface area contributed by atoms with Crippen molar-refractivity contribution in [2.75, 3.05) is 19.6 Å². The SMILES string of the molecule is CCNC(=O)[C@@]1(Cc2ccc(-c3ccsc3)cc2)CCN(C(=O)C2CC2)C1. The second-order valence-electron chi connectivity index (χ2n) is 7.81. The summed E-state index contributed by atoms with van der Waals surface area (Å²) in [5.41, 5.74) is 3.07. The standard InChI is InChI=1S/C22H26N2O2S/c1-2-23-21(26)22(10-11-24(15-22)20(25)18-7-8-18)13-16-3-5-17(6-4-16)19-9-12-27-14-19/h3-6,9,12,14,18H,2,7-8,10-11,13,15H2,1H3,(H,23,26)/t22-/m1/s1. The highest BCUT2D eigenvalue weighted by atomic mass is 32.1. The lowest BCUT2D eigenvalue weighted by molar-refractivity contribution is -0.134. The first kappa shape index (κ1) is 18.2. The van der Waals surface area contributed by atoms with E-state index in [-0.39, 0.29) is 17.7 Å². The van der Waals surface area contributed by atoms with Crippen LogP contribution in [0.5, 0.6) is 0 Å². The molecule has 2 aliphatic rings. The fourth-order valence-electron chi connectivity index (χ4n) is 4.04. The van der Waals surface area contributed by atoms with Gasteiger partial charge in [-0.05, 0) is 66.1 Å². The predicted molar refractivity (Wildman–Crippen MR) is 108 cm³/mol. The molecule has 0 spiro atoms. The lowest BCUT2D eigenvalue weighted by Gasteiger charge is -2.28. The molecule has 0 unspecified atom stereocenters. The van der Waals surface area contributed by atoms with Crippen molar-refractivity contribution in [2.24, 2.45) is 11.3 Å². The van der Waals surface area contributed by atoms with Gasteiger partial charge in [0, 0.05) is 25.6 Å². The smallest absolute Gasteiger partial charge is 0.228 e. The highest BCUT2D eigenvalue weighted by Gasteiger charge is 2.47. The molecule has 0 bridgehead atoms. The van der Waals surface area contributed by atoms with Gasteiger partial charge in [0.25, 0.3) is 0 Å². The second kappa shape index (κ2) is 7.47. The Morgan fingerprint density at radius 1 is 1.19 bits per heavy atom. The third-order valence-electron chi connectivity index (χ3n) is 5.76. The van der Waals surface area contributed by atoms with Crippen LogP contribution in [0, 0.1) is 11.3 Å². The summed E-state index contributed by atoms with van der Waals surface area (Å²) in [4.78, 5) is 27.4. The maximum absolute atomic E-state index is 12.9. The third-order valence-corrected chi connectivity index (χ3v) is 6.45. The largest absolute Gasteiger partial charge is 0.356 e. The molecule has 2 heterocycles. The number of amides is 2. The molecule has 2 amide bonds. The molecule has 4 nitrogen and oxygen atoms in total. The Labute approximate surface area is 164 Å². The Balaban J connectivity index is 1.53. The number of nitrogens with zero attached hydrogens (tertiary/aromatic N) is 1. The molecule has 5 heteroatoms. The van der Waals surface area contributed by atoms with Gasteiger partial charge in [0.1, 0.15) is 0 Å². The summed E-state index contributed by atoms with van der Waals surface area (Å²) in [6, 6.07) is 10.6. The molecule has 4 rings (SSSR count). The van der Waals surface area contributed by atoms with Gasteiger partial charge in [-0.1, -0.05) is 24.3 Å². The van der Waals surface area contributed by atoms with Crippen LogP contribution < -0.4 is 5.32 Å². The van der Waals surface area contributed by atoms with E-state index >= 15 is 0 Å². The number of rotatable bonds is 6. The van der Waals surface area contributed by atoms with Gasteiger partial charge in [-0.3, -0.25) is 9.59 Å². The van der Waals surface area contributed by atoms with Gasteiger partial charge < -0.3 is 10.2 Å².